The smallest absolute Gasteiger partial charge is 0.216 e. The maximum Gasteiger partial charge on any atom is 0.216 e. The van der Waals surface area contributed by atoms with Crippen molar-refractivity contribution in [3.63, 3.8) is 0 Å². The van der Waals surface area contributed by atoms with E-state index in [1.807, 2.05) is 24.3 Å². The fourth-order valence-electron chi connectivity index (χ4n) is 2.08. The number of rotatable bonds is 0. The van der Waals surface area contributed by atoms with Crippen LogP contribution in [0.25, 0.3) is 10.8 Å². The van der Waals surface area contributed by atoms with Gasteiger partial charge in [0.15, 0.2) is 5.71 Å². The summed E-state index contributed by atoms with van der Waals surface area (Å²) in [6.07, 6.45) is 0. The van der Waals surface area contributed by atoms with Crippen molar-refractivity contribution in [3.05, 3.63) is 47.5 Å². The van der Waals surface area contributed by atoms with Gasteiger partial charge in [-0.05, 0) is 5.39 Å². The molecule has 1 N–H and O–H groups in total. The maximum atomic E-state index is 11.8. The third kappa shape index (κ3) is 0.892. The second-order valence-corrected chi connectivity index (χ2v) is 3.49. The number of ketones is 1. The van der Waals surface area contributed by atoms with E-state index < -0.39 is 0 Å². The summed E-state index contributed by atoms with van der Waals surface area (Å²) in [6, 6.07) is 11.1. The van der Waals surface area contributed by atoms with E-state index in [-0.39, 0.29) is 11.5 Å². The van der Waals surface area contributed by atoms with Gasteiger partial charge in [0.1, 0.15) is 0 Å². The molecule has 0 aliphatic heterocycles. The fourth-order valence-corrected chi connectivity index (χ4v) is 2.08. The molecule has 0 atom stereocenters. The van der Waals surface area contributed by atoms with E-state index in [0.717, 1.165) is 16.3 Å². The number of hydrogen-bond acceptors (Lipinski definition) is 3. The van der Waals surface area contributed by atoms with Crippen LogP contribution in [0.4, 0.5) is 0 Å². The summed E-state index contributed by atoms with van der Waals surface area (Å²) in [5, 5.41) is 13.8. The number of hydrogen-bond donors (Lipinski definition) is 1. The first-order valence-corrected chi connectivity index (χ1v) is 4.62. The summed E-state index contributed by atoms with van der Waals surface area (Å²) in [7, 11) is 0. The Morgan fingerprint density at radius 2 is 1.67 bits per heavy atom. The van der Waals surface area contributed by atoms with Gasteiger partial charge in [-0.15, -0.1) is 0 Å². The van der Waals surface area contributed by atoms with Crippen LogP contribution in [0.2, 0.25) is 0 Å². The lowest BCUT2D eigenvalue weighted by molar-refractivity contribution is 0.106. The molecule has 0 heterocycles. The average Bonchev–Trinajstić information content (AvgIpc) is 2.55. The maximum absolute atomic E-state index is 11.8. The lowest BCUT2D eigenvalue weighted by atomic mass is 10.1. The molecule has 1 aliphatic carbocycles. The van der Waals surface area contributed by atoms with Crippen LogP contribution >= 0.6 is 0 Å². The second kappa shape index (κ2) is 2.67. The Hall–Kier alpha value is -2.16. The van der Waals surface area contributed by atoms with Crippen LogP contribution in [0.15, 0.2) is 41.6 Å². The molecule has 0 radical (unpaired) electrons. The lowest BCUT2D eigenvalue weighted by Crippen LogP contribution is -2.08. The topological polar surface area (TPSA) is 49.7 Å². The molecule has 0 fully saturated rings. The molecule has 1 aliphatic rings. The van der Waals surface area contributed by atoms with Gasteiger partial charge >= 0.3 is 0 Å². The number of oxime groups is 1. The van der Waals surface area contributed by atoms with Crippen LogP contribution in [0, 0.1) is 0 Å². The lowest BCUT2D eigenvalue weighted by Gasteiger charge is -1.97. The van der Waals surface area contributed by atoms with Gasteiger partial charge in [0, 0.05) is 16.5 Å². The summed E-state index contributed by atoms with van der Waals surface area (Å²) in [6.45, 7) is 0. The Morgan fingerprint density at radius 3 is 2.33 bits per heavy atom. The molecule has 0 amide bonds. The molecule has 3 heteroatoms. The van der Waals surface area contributed by atoms with Gasteiger partial charge in [0.05, 0.1) is 0 Å². The summed E-state index contributed by atoms with van der Waals surface area (Å²) in [4.78, 5) is 11.8. The summed E-state index contributed by atoms with van der Waals surface area (Å²) in [5.41, 5.74) is 1.48. The van der Waals surface area contributed by atoms with Crippen molar-refractivity contribution in [1.29, 1.82) is 0 Å². The molecule has 0 unspecified atom stereocenters. The Labute approximate surface area is 85.6 Å². The minimum Gasteiger partial charge on any atom is -0.410 e. The highest BCUT2D eigenvalue weighted by atomic mass is 16.4. The van der Waals surface area contributed by atoms with Crippen molar-refractivity contribution in [3.8, 4) is 0 Å². The Morgan fingerprint density at radius 1 is 1.00 bits per heavy atom. The standard InChI is InChI=1S/C12H7NO2/c14-12-9-6-2-4-7-3-1-5-8(10(7)9)11(12)13-15/h1-6,15H/b13-11-. The van der Waals surface area contributed by atoms with E-state index in [9.17, 15) is 4.79 Å². The van der Waals surface area contributed by atoms with Gasteiger partial charge in [0.25, 0.3) is 0 Å². The van der Waals surface area contributed by atoms with E-state index in [1.54, 1.807) is 12.1 Å². The number of carbonyl (C=O) groups is 1. The third-order valence-corrected chi connectivity index (χ3v) is 2.72. The highest BCUT2D eigenvalue weighted by Gasteiger charge is 2.28. The van der Waals surface area contributed by atoms with E-state index >= 15 is 0 Å². The zero-order chi connectivity index (χ0) is 10.4. The molecule has 0 saturated heterocycles. The SMILES string of the molecule is O=C1/C(=N\O)c2cccc3cccc1c23. The third-order valence-electron chi connectivity index (χ3n) is 2.72. The molecular weight excluding hydrogens is 190 g/mol. The van der Waals surface area contributed by atoms with Crippen molar-refractivity contribution in [1.82, 2.24) is 0 Å². The predicted octanol–water partition coefficient (Wildman–Crippen LogP) is 2.21. The number of nitrogens with zero attached hydrogens (tertiary/aromatic N) is 1. The largest absolute Gasteiger partial charge is 0.410 e. The Balaban J connectivity index is 2.56. The molecule has 2 aromatic carbocycles. The summed E-state index contributed by atoms with van der Waals surface area (Å²) in [5.74, 6) is -0.204. The van der Waals surface area contributed by atoms with Gasteiger partial charge in [-0.25, -0.2) is 0 Å². The predicted molar refractivity (Wildman–Crippen MR) is 56.6 cm³/mol. The summed E-state index contributed by atoms with van der Waals surface area (Å²) < 4.78 is 0. The van der Waals surface area contributed by atoms with E-state index in [4.69, 9.17) is 5.21 Å². The second-order valence-electron chi connectivity index (χ2n) is 3.49. The first kappa shape index (κ1) is 8.17. The van der Waals surface area contributed by atoms with Crippen LogP contribution < -0.4 is 0 Å². The first-order chi connectivity index (χ1) is 7.33. The zero-order valence-corrected chi connectivity index (χ0v) is 7.77. The number of Topliss-reactive ketones (excluding diaryl/α,β-unsaturated/α-hetero) is 1. The van der Waals surface area contributed by atoms with Crippen molar-refractivity contribution in [2.24, 2.45) is 5.16 Å². The van der Waals surface area contributed by atoms with Crippen molar-refractivity contribution in [2.45, 2.75) is 0 Å². The quantitative estimate of drug-likeness (QED) is 0.520. The van der Waals surface area contributed by atoms with Crippen molar-refractivity contribution < 1.29 is 10.0 Å². The number of benzene rings is 2. The molecule has 0 bridgehead atoms. The normalized spacial score (nSPS) is 16.5. The average molecular weight is 197 g/mol. The number of carbonyl (C=O) groups excluding carboxylic acids is 1. The van der Waals surface area contributed by atoms with Gasteiger partial charge in [0.2, 0.25) is 5.78 Å². The van der Waals surface area contributed by atoms with Crippen molar-refractivity contribution >= 4 is 22.3 Å². The molecular formula is C12H7NO2. The van der Waals surface area contributed by atoms with Crippen LogP contribution in [-0.2, 0) is 0 Å². The highest BCUT2D eigenvalue weighted by Crippen LogP contribution is 2.30. The Kier molecular flexibility index (Phi) is 1.45. The van der Waals surface area contributed by atoms with Crippen LogP contribution in [-0.4, -0.2) is 16.7 Å². The van der Waals surface area contributed by atoms with E-state index in [1.165, 1.54) is 0 Å². The molecule has 0 saturated carbocycles. The molecule has 15 heavy (non-hydrogen) atoms. The highest BCUT2D eigenvalue weighted by molar-refractivity contribution is 6.58. The van der Waals surface area contributed by atoms with Crippen LogP contribution in [0.5, 0.6) is 0 Å². The molecule has 2 aromatic rings. The van der Waals surface area contributed by atoms with Crippen LogP contribution in [0.1, 0.15) is 15.9 Å². The summed E-state index contributed by atoms with van der Waals surface area (Å²) >= 11 is 0. The minimum absolute atomic E-state index is 0.141. The van der Waals surface area contributed by atoms with Gasteiger partial charge in [-0.1, -0.05) is 41.6 Å². The molecule has 0 aromatic heterocycles. The minimum atomic E-state index is -0.204. The van der Waals surface area contributed by atoms with E-state index in [0.29, 0.717) is 5.56 Å². The molecule has 3 rings (SSSR count). The van der Waals surface area contributed by atoms with E-state index in [2.05, 4.69) is 5.16 Å². The van der Waals surface area contributed by atoms with Gasteiger partial charge < -0.3 is 5.21 Å². The molecule has 0 spiro atoms. The molecule has 3 nitrogen and oxygen atoms in total. The monoisotopic (exact) mass is 197 g/mol. The Bertz CT molecular complexity index is 609. The van der Waals surface area contributed by atoms with Crippen molar-refractivity contribution in [2.75, 3.05) is 0 Å². The van der Waals surface area contributed by atoms with Crippen LogP contribution in [0.3, 0.4) is 0 Å². The van der Waals surface area contributed by atoms with Gasteiger partial charge in [-0.3, -0.25) is 4.79 Å². The van der Waals surface area contributed by atoms with Gasteiger partial charge in [-0.2, -0.15) is 0 Å². The molecule has 72 valence electrons. The zero-order valence-electron chi connectivity index (χ0n) is 7.77. The first-order valence-electron chi connectivity index (χ1n) is 4.62. The fraction of sp³-hybridized carbons (Fsp3) is 0.